The number of benzene rings is 1. The van der Waals surface area contributed by atoms with Gasteiger partial charge in [0.05, 0.1) is 17.8 Å². The third kappa shape index (κ3) is 2.93. The number of fused-ring (bicyclic) bond motifs is 2. The van der Waals surface area contributed by atoms with Crippen molar-refractivity contribution >= 4 is 33.7 Å². The fraction of sp³-hybridized carbons (Fsp3) is 0.333. The highest BCUT2D eigenvalue weighted by atomic mass is 19.1. The lowest BCUT2D eigenvalue weighted by molar-refractivity contribution is 0.277. The summed E-state index contributed by atoms with van der Waals surface area (Å²) in [6, 6.07) is 7.30. The number of pyridine rings is 1. The minimum absolute atomic E-state index is 0.285. The molecule has 0 amide bonds. The summed E-state index contributed by atoms with van der Waals surface area (Å²) in [6.45, 7) is 2.74. The third-order valence-electron chi connectivity index (χ3n) is 5.76. The van der Waals surface area contributed by atoms with E-state index < -0.39 is 12.2 Å². The van der Waals surface area contributed by atoms with Gasteiger partial charge in [0, 0.05) is 37.4 Å². The second-order valence-electron chi connectivity index (χ2n) is 7.91. The van der Waals surface area contributed by atoms with E-state index in [9.17, 15) is 9.18 Å². The zero-order valence-electron chi connectivity index (χ0n) is 17.0. The van der Waals surface area contributed by atoms with Crippen LogP contribution in [0.25, 0.3) is 22.1 Å². The molecule has 0 saturated carbocycles. The number of anilines is 2. The molecule has 2 atom stereocenters. The minimum atomic E-state index is -1.13. The molecule has 4 heterocycles. The van der Waals surface area contributed by atoms with Crippen LogP contribution in [-0.4, -0.2) is 55.3 Å². The maximum Gasteiger partial charge on any atom is 0.330 e. The molecule has 1 aliphatic heterocycles. The molecule has 8 nitrogen and oxygen atoms in total. The highest BCUT2D eigenvalue weighted by molar-refractivity contribution is 5.85. The Morgan fingerprint density at radius 2 is 2.03 bits per heavy atom. The van der Waals surface area contributed by atoms with E-state index in [1.807, 2.05) is 43.1 Å². The van der Waals surface area contributed by atoms with Gasteiger partial charge in [0.25, 0.3) is 0 Å². The predicted octanol–water partition coefficient (Wildman–Crippen LogP) is 2.55. The van der Waals surface area contributed by atoms with Gasteiger partial charge in [-0.05, 0) is 37.7 Å². The highest BCUT2D eigenvalue weighted by Crippen LogP contribution is 2.28. The fourth-order valence-corrected chi connectivity index (χ4v) is 4.15. The topological polar surface area (TPSA) is 80.9 Å². The zero-order chi connectivity index (χ0) is 21.0. The number of imidazole rings is 1. The van der Waals surface area contributed by atoms with E-state index in [0.717, 1.165) is 22.2 Å². The number of likely N-dealkylation sites (N-methyl/N-ethyl adjacent to an activating group) is 1. The van der Waals surface area contributed by atoms with Crippen molar-refractivity contribution in [3.63, 3.8) is 0 Å². The maximum atomic E-state index is 14.6. The Kier molecular flexibility index (Phi) is 4.28. The summed E-state index contributed by atoms with van der Waals surface area (Å²) in [5, 5.41) is 4.24. The quantitative estimate of drug-likeness (QED) is 0.562. The molecule has 0 bridgehead atoms. The number of aromatic nitrogens is 5. The molecular formula is C21H22FN7O. The molecule has 30 heavy (non-hydrogen) atoms. The molecule has 1 saturated heterocycles. The second kappa shape index (κ2) is 6.88. The molecule has 0 aliphatic carbocycles. The van der Waals surface area contributed by atoms with E-state index in [1.165, 1.54) is 9.13 Å². The predicted molar refractivity (Wildman–Crippen MR) is 114 cm³/mol. The number of alkyl halides is 1. The average molecular weight is 407 g/mol. The Morgan fingerprint density at radius 3 is 2.80 bits per heavy atom. The van der Waals surface area contributed by atoms with E-state index in [2.05, 4.69) is 20.3 Å². The maximum absolute atomic E-state index is 14.6. The van der Waals surface area contributed by atoms with Gasteiger partial charge in [-0.25, -0.2) is 14.2 Å². The van der Waals surface area contributed by atoms with Gasteiger partial charge in [0.15, 0.2) is 5.65 Å². The lowest BCUT2D eigenvalue weighted by Crippen LogP contribution is -2.31. The van der Waals surface area contributed by atoms with Crippen molar-refractivity contribution in [1.82, 2.24) is 29.0 Å². The van der Waals surface area contributed by atoms with Crippen LogP contribution >= 0.6 is 0 Å². The summed E-state index contributed by atoms with van der Waals surface area (Å²) in [5.41, 5.74) is 3.48. The summed E-state index contributed by atoms with van der Waals surface area (Å²) in [7, 11) is 3.51. The number of likely N-dealkylation sites (tertiary alicyclic amines) is 1. The van der Waals surface area contributed by atoms with Crippen LogP contribution in [0.1, 0.15) is 11.6 Å². The summed E-state index contributed by atoms with van der Waals surface area (Å²) in [5.74, 6) is 0.356. The van der Waals surface area contributed by atoms with Gasteiger partial charge in [0.1, 0.15) is 11.7 Å². The van der Waals surface area contributed by atoms with E-state index in [1.54, 1.807) is 19.4 Å². The number of rotatable bonds is 3. The number of nitrogens with zero attached hydrogens (tertiary/aromatic N) is 6. The van der Waals surface area contributed by atoms with Crippen LogP contribution in [0.4, 0.5) is 16.0 Å². The first-order valence-corrected chi connectivity index (χ1v) is 9.81. The lowest BCUT2D eigenvalue weighted by Gasteiger charge is -2.14. The first-order valence-electron chi connectivity index (χ1n) is 9.81. The van der Waals surface area contributed by atoms with Gasteiger partial charge in [-0.2, -0.15) is 4.98 Å². The van der Waals surface area contributed by atoms with Crippen LogP contribution in [0.3, 0.4) is 0 Å². The average Bonchev–Trinajstić information content (AvgIpc) is 3.17. The summed E-state index contributed by atoms with van der Waals surface area (Å²) < 4.78 is 17.5. The van der Waals surface area contributed by atoms with Crippen LogP contribution in [0, 0.1) is 6.92 Å². The Bertz CT molecular complexity index is 1330. The van der Waals surface area contributed by atoms with Crippen LogP contribution in [0.2, 0.25) is 0 Å². The molecule has 4 aromatic rings. The Labute approximate surface area is 172 Å². The number of hydrogen-bond donors (Lipinski definition) is 1. The highest BCUT2D eigenvalue weighted by Gasteiger charge is 2.35. The molecule has 0 radical (unpaired) electrons. The molecule has 1 N–H and O–H groups in total. The molecule has 0 unspecified atom stereocenters. The lowest BCUT2D eigenvalue weighted by atomic mass is 10.1. The van der Waals surface area contributed by atoms with Gasteiger partial charge >= 0.3 is 5.69 Å². The third-order valence-corrected chi connectivity index (χ3v) is 5.76. The Hall–Kier alpha value is -3.33. The van der Waals surface area contributed by atoms with E-state index in [4.69, 9.17) is 0 Å². The standard InChI is InChI=1S/C21H22FN7O/c1-12-7-16-13(5-4-6-23-16)8-15(12)25-20-24-9-17-19(26-20)29(21(30)28(17)3)18-11-27(2)10-14(18)22/h4-9,14,18H,10-11H2,1-3H3,(H,24,25,26)/t14-,18+/m0/s1. The molecule has 0 spiro atoms. The molecule has 5 rings (SSSR count). The van der Waals surface area contributed by atoms with Crippen molar-refractivity contribution < 1.29 is 4.39 Å². The molecule has 154 valence electrons. The zero-order valence-corrected chi connectivity index (χ0v) is 17.0. The Morgan fingerprint density at radius 1 is 1.20 bits per heavy atom. The second-order valence-corrected chi connectivity index (χ2v) is 7.91. The molecule has 3 aromatic heterocycles. The summed E-state index contributed by atoms with van der Waals surface area (Å²) >= 11 is 0. The van der Waals surface area contributed by atoms with Crippen LogP contribution < -0.4 is 11.0 Å². The first-order chi connectivity index (χ1) is 14.4. The normalized spacial score (nSPS) is 19.7. The van der Waals surface area contributed by atoms with Gasteiger partial charge < -0.3 is 10.2 Å². The van der Waals surface area contributed by atoms with E-state index in [0.29, 0.717) is 30.2 Å². The summed E-state index contributed by atoms with van der Waals surface area (Å²) in [6.07, 6.45) is 2.24. The number of nitrogens with one attached hydrogen (secondary N) is 1. The molecule has 1 aromatic carbocycles. The van der Waals surface area contributed by atoms with Crippen LogP contribution in [-0.2, 0) is 7.05 Å². The van der Waals surface area contributed by atoms with Gasteiger partial charge in [-0.3, -0.25) is 14.1 Å². The number of aryl methyl sites for hydroxylation is 2. The van der Waals surface area contributed by atoms with Crippen molar-refractivity contribution in [2.75, 3.05) is 25.5 Å². The largest absolute Gasteiger partial charge is 0.330 e. The van der Waals surface area contributed by atoms with Crippen molar-refractivity contribution in [2.45, 2.75) is 19.1 Å². The molecule has 9 heteroatoms. The molecule has 1 fully saturated rings. The minimum Gasteiger partial charge on any atom is -0.324 e. The van der Waals surface area contributed by atoms with Crippen LogP contribution in [0.5, 0.6) is 0 Å². The van der Waals surface area contributed by atoms with Gasteiger partial charge in [-0.15, -0.1) is 0 Å². The van der Waals surface area contributed by atoms with Crippen molar-refractivity contribution in [3.8, 4) is 0 Å². The number of halogens is 1. The monoisotopic (exact) mass is 407 g/mol. The van der Waals surface area contributed by atoms with E-state index >= 15 is 0 Å². The van der Waals surface area contributed by atoms with Gasteiger partial charge in [-0.1, -0.05) is 6.07 Å². The van der Waals surface area contributed by atoms with Crippen LogP contribution in [0.15, 0.2) is 41.5 Å². The van der Waals surface area contributed by atoms with Crippen molar-refractivity contribution in [3.05, 3.63) is 52.7 Å². The molecular weight excluding hydrogens is 385 g/mol. The van der Waals surface area contributed by atoms with Crippen molar-refractivity contribution in [1.29, 1.82) is 0 Å². The van der Waals surface area contributed by atoms with Crippen molar-refractivity contribution in [2.24, 2.45) is 7.05 Å². The number of hydrogen-bond acceptors (Lipinski definition) is 6. The van der Waals surface area contributed by atoms with Gasteiger partial charge in [0.2, 0.25) is 5.95 Å². The first kappa shape index (κ1) is 18.7. The smallest absolute Gasteiger partial charge is 0.324 e. The molecule has 1 aliphatic rings. The fourth-order valence-electron chi connectivity index (χ4n) is 4.15. The summed E-state index contributed by atoms with van der Waals surface area (Å²) in [4.78, 5) is 28.1. The van der Waals surface area contributed by atoms with E-state index in [-0.39, 0.29) is 5.69 Å². The SMILES string of the molecule is Cc1cc2ncccc2cc1Nc1ncc2c(n1)n([C@@H]1CN(C)C[C@@H]1F)c(=O)n2C. The Balaban J connectivity index is 1.59.